The predicted molar refractivity (Wildman–Crippen MR) is 441 cm³/mol. The third-order valence-electron chi connectivity index (χ3n) is 6.99. The van der Waals surface area contributed by atoms with E-state index in [0.29, 0.717) is 0 Å². The Balaban J connectivity index is -0.0000000479. The van der Waals surface area contributed by atoms with Gasteiger partial charge in [0.1, 0.15) is 0 Å². The first kappa shape index (κ1) is 126. The third kappa shape index (κ3) is 161. The molecule has 0 amide bonds. The summed E-state index contributed by atoms with van der Waals surface area (Å²) in [5, 5.41) is 2.62. The normalized spacial score (nSPS) is 6.57. The van der Waals surface area contributed by atoms with Crippen LogP contribution in [0.2, 0.25) is 0 Å². The second-order valence-electron chi connectivity index (χ2n) is 13.7. The van der Waals surface area contributed by atoms with E-state index in [2.05, 4.69) is 90.1 Å². The largest absolute Gasteiger partial charge is 0.358 e. The van der Waals surface area contributed by atoms with Crippen LogP contribution in [0.1, 0.15) is 213 Å². The van der Waals surface area contributed by atoms with Crippen LogP contribution in [0, 0.1) is 14.9 Å². The standard InChI is InChI=1S/C10H8.8C6H6.3C3H8.11C2H6.2CH3.Y/c1-2-6-10-8-4-3-7-9(10)5-1;8*1-2-4-6-5-3-1;3*1-3-2;11*1-2;;;/h1-8H;8*1-6H;3*3H2,1-2H3;11*1-2H3;2*1H3;/q;;;;;;;;;;;;;;;;;;;;;;;2*-1;. The number of rotatable bonds is 0. The van der Waals surface area contributed by atoms with Gasteiger partial charge >= 0.3 is 0 Å². The van der Waals surface area contributed by atoms with Crippen molar-refractivity contribution in [3.63, 3.8) is 0 Å². The molecule has 0 aliphatic heterocycles. The zero-order valence-electron chi connectivity index (χ0n) is 66.0. The Labute approximate surface area is 606 Å². The van der Waals surface area contributed by atoms with E-state index in [-0.39, 0.29) is 47.6 Å². The summed E-state index contributed by atoms with van der Waals surface area (Å²) in [5.41, 5.74) is 0. The first-order chi connectivity index (χ1) is 44.2. The summed E-state index contributed by atoms with van der Waals surface area (Å²) in [6, 6.07) is 113. The van der Waals surface area contributed by atoms with Gasteiger partial charge in [0.2, 0.25) is 0 Å². The van der Waals surface area contributed by atoms with E-state index in [1.165, 1.54) is 30.0 Å². The van der Waals surface area contributed by atoms with Crippen LogP contribution >= 0.6 is 0 Å². The molecule has 0 nitrogen and oxygen atoms in total. The maximum absolute atomic E-state index is 2.12. The number of fused-ring (bicyclic) bond motifs is 1. The van der Waals surface area contributed by atoms with Crippen LogP contribution < -0.4 is 0 Å². The van der Waals surface area contributed by atoms with Crippen molar-refractivity contribution in [2.45, 2.75) is 213 Å². The molecule has 0 spiro atoms. The smallest absolute Gasteiger partial charge is 0 e. The minimum Gasteiger partial charge on any atom is -0.358 e. The van der Waals surface area contributed by atoms with E-state index >= 15 is 0 Å². The van der Waals surface area contributed by atoms with E-state index in [1.54, 1.807) is 0 Å². The molecule has 0 aromatic heterocycles. The van der Waals surface area contributed by atoms with Crippen molar-refractivity contribution in [2.24, 2.45) is 0 Å². The van der Waals surface area contributed by atoms with Crippen LogP contribution in [0.15, 0.2) is 340 Å². The first-order valence-corrected chi connectivity index (χ1v) is 34.6. The molecule has 0 saturated carbocycles. The molecule has 0 aliphatic rings. The van der Waals surface area contributed by atoms with Gasteiger partial charge in [0, 0.05) is 32.7 Å². The Morgan fingerprint density at radius 3 is 0.217 bits per heavy atom. The summed E-state index contributed by atoms with van der Waals surface area (Å²) in [6.45, 7) is 56.8. The van der Waals surface area contributed by atoms with Crippen LogP contribution in [-0.4, -0.2) is 0 Å². The minimum absolute atomic E-state index is 0. The fourth-order valence-electron chi connectivity index (χ4n) is 4.21. The SMILES string of the molecule is CC.CC.CC.CC.CC.CC.CC.CC.CC.CC.CC.CCC.CCC.CCC.[CH3-].[CH3-].[Y].c1ccc2ccccc2c1.c1ccccc1.c1ccccc1.c1ccccc1.c1ccccc1.c1ccccc1.c1ccccc1.c1ccccc1.c1ccccc1. The first-order valence-electron chi connectivity index (χ1n) is 34.6. The van der Waals surface area contributed by atoms with E-state index < -0.39 is 0 Å². The quantitative estimate of drug-likeness (QED) is 0.133. The van der Waals surface area contributed by atoms with Gasteiger partial charge in [-0.3, -0.25) is 0 Å². The molecule has 0 saturated heterocycles. The molecule has 0 atom stereocenters. The molecule has 521 valence electrons. The number of benzene rings is 10. The van der Waals surface area contributed by atoms with Gasteiger partial charge in [0.05, 0.1) is 0 Å². The van der Waals surface area contributed by atoms with Crippen molar-refractivity contribution in [2.75, 3.05) is 0 Å². The van der Waals surface area contributed by atoms with Gasteiger partial charge in [-0.2, -0.15) is 0 Å². The van der Waals surface area contributed by atoms with Crippen LogP contribution in [0.25, 0.3) is 10.8 Å². The Kier molecular flexibility index (Phi) is 237. The average molecular weight is 1340 g/mol. The maximum Gasteiger partial charge on any atom is 0 e. The summed E-state index contributed by atoms with van der Waals surface area (Å²) in [5.74, 6) is 0. The zero-order chi connectivity index (χ0) is 70.9. The second kappa shape index (κ2) is 172. The molecular weight excluding hydrogens is 1180 g/mol. The van der Waals surface area contributed by atoms with E-state index in [9.17, 15) is 0 Å². The van der Waals surface area contributed by atoms with Gasteiger partial charge in [0.25, 0.3) is 0 Å². The number of hydrogen-bond donors (Lipinski definition) is 0. The summed E-state index contributed by atoms with van der Waals surface area (Å²) < 4.78 is 0. The third-order valence-corrected chi connectivity index (χ3v) is 6.99. The van der Waals surface area contributed by atoms with Crippen LogP contribution in [0.3, 0.4) is 0 Å². The van der Waals surface area contributed by atoms with Gasteiger partial charge in [-0.1, -0.05) is 553 Å². The molecule has 10 aromatic carbocycles. The van der Waals surface area contributed by atoms with E-state index in [1.807, 2.05) is 444 Å². The van der Waals surface area contributed by atoms with Crippen molar-refractivity contribution >= 4 is 10.8 Å². The molecule has 10 aromatic rings. The summed E-state index contributed by atoms with van der Waals surface area (Å²) in [7, 11) is 0. The molecule has 1 heteroatoms. The summed E-state index contributed by atoms with van der Waals surface area (Å²) >= 11 is 0. The molecule has 0 fully saturated rings. The molecule has 10 rings (SSSR count). The molecule has 0 N–H and O–H groups in total. The van der Waals surface area contributed by atoms with Gasteiger partial charge in [-0.25, -0.2) is 0 Å². The van der Waals surface area contributed by atoms with E-state index in [4.69, 9.17) is 0 Å². The molecule has 1 radical (unpaired) electrons. The monoisotopic (exact) mass is 1330 g/mol. The summed E-state index contributed by atoms with van der Waals surface area (Å²) in [4.78, 5) is 0. The fraction of sp³-hybridized carbons (Fsp3) is 0.341. The fourth-order valence-corrected chi connectivity index (χ4v) is 4.21. The second-order valence-corrected chi connectivity index (χ2v) is 13.7. The Morgan fingerprint density at radius 2 is 0.174 bits per heavy atom. The molecular formula is C91H152Y-2. The average Bonchev–Trinajstić information content (AvgIpc) is 2.35. The Morgan fingerprint density at radius 1 is 0.130 bits per heavy atom. The van der Waals surface area contributed by atoms with Crippen molar-refractivity contribution in [3.8, 4) is 0 Å². The van der Waals surface area contributed by atoms with Crippen LogP contribution in [0.5, 0.6) is 0 Å². The van der Waals surface area contributed by atoms with Crippen molar-refractivity contribution in [3.05, 3.63) is 355 Å². The van der Waals surface area contributed by atoms with E-state index in [0.717, 1.165) is 0 Å². The molecule has 0 bridgehead atoms. The van der Waals surface area contributed by atoms with Gasteiger partial charge < -0.3 is 14.9 Å². The van der Waals surface area contributed by atoms with Crippen molar-refractivity contribution < 1.29 is 32.7 Å². The molecule has 92 heavy (non-hydrogen) atoms. The molecule has 0 aliphatic carbocycles. The van der Waals surface area contributed by atoms with Gasteiger partial charge in [-0.05, 0) is 10.8 Å². The van der Waals surface area contributed by atoms with Crippen molar-refractivity contribution in [1.82, 2.24) is 0 Å². The Hall–Kier alpha value is -6.44. The zero-order valence-corrected chi connectivity index (χ0v) is 68.9. The topological polar surface area (TPSA) is 0 Å². The van der Waals surface area contributed by atoms with Crippen molar-refractivity contribution in [1.29, 1.82) is 0 Å². The minimum atomic E-state index is 0. The summed E-state index contributed by atoms with van der Waals surface area (Å²) in [6.07, 6.45) is 3.75. The van der Waals surface area contributed by atoms with Crippen LogP contribution in [0.4, 0.5) is 0 Å². The maximum atomic E-state index is 2.12. The van der Waals surface area contributed by atoms with Gasteiger partial charge in [0.15, 0.2) is 0 Å². The van der Waals surface area contributed by atoms with Crippen LogP contribution in [-0.2, 0) is 32.7 Å². The predicted octanol–water partition coefficient (Wildman–Crippen LogP) is 32.8. The number of hydrogen-bond acceptors (Lipinski definition) is 0. The molecule has 0 unspecified atom stereocenters. The molecule has 0 heterocycles. The van der Waals surface area contributed by atoms with Gasteiger partial charge in [-0.15, -0.1) is 0 Å². The Bertz CT molecular complexity index is 1530.